The molecule has 0 radical (unpaired) electrons. The highest BCUT2D eigenvalue weighted by Crippen LogP contribution is 2.34. The van der Waals surface area contributed by atoms with Crippen molar-refractivity contribution < 1.29 is 28.2 Å². The number of oxazole rings is 1. The number of carbonyl (C=O) groups is 1. The van der Waals surface area contributed by atoms with Gasteiger partial charge in [0.25, 0.3) is 6.01 Å². The fraction of sp³-hybridized carbons (Fsp3) is 0.440. The van der Waals surface area contributed by atoms with E-state index in [0.29, 0.717) is 53.3 Å². The first-order valence-corrected chi connectivity index (χ1v) is 11.8. The number of benzene rings is 2. The summed E-state index contributed by atoms with van der Waals surface area (Å²) in [6.45, 7) is 7.61. The van der Waals surface area contributed by atoms with Crippen molar-refractivity contribution in [2.24, 2.45) is 0 Å². The molecule has 188 valence electrons. The number of likely N-dealkylation sites (tertiary alicyclic amines) is 1. The summed E-state index contributed by atoms with van der Waals surface area (Å²) < 4.78 is 26.8. The minimum absolute atomic E-state index is 0.245. The van der Waals surface area contributed by atoms with Crippen LogP contribution in [0, 0.1) is 0 Å². The van der Waals surface area contributed by atoms with Gasteiger partial charge < -0.3 is 34.4 Å². The number of hydrogen-bond acceptors (Lipinski definition) is 10. The Labute approximate surface area is 204 Å². The quantitative estimate of drug-likeness (QED) is 0.256. The Morgan fingerprint density at radius 3 is 2.46 bits per heavy atom. The molecule has 35 heavy (non-hydrogen) atoms. The minimum atomic E-state index is -0.781. The van der Waals surface area contributed by atoms with Gasteiger partial charge in [0.2, 0.25) is 0 Å². The van der Waals surface area contributed by atoms with Crippen LogP contribution in [0.25, 0.3) is 11.1 Å². The molecule has 2 heterocycles. The van der Waals surface area contributed by atoms with Gasteiger partial charge in [-0.2, -0.15) is 4.98 Å². The van der Waals surface area contributed by atoms with Gasteiger partial charge in [0.1, 0.15) is 28.5 Å². The summed E-state index contributed by atoms with van der Waals surface area (Å²) in [5.41, 5.74) is 9.07. The first-order valence-electron chi connectivity index (χ1n) is 11.8. The van der Waals surface area contributed by atoms with Gasteiger partial charge in [0.05, 0.1) is 20.3 Å². The average molecular weight is 485 g/mol. The fourth-order valence-electron chi connectivity index (χ4n) is 4.13. The van der Waals surface area contributed by atoms with Gasteiger partial charge in [0.15, 0.2) is 5.58 Å². The van der Waals surface area contributed by atoms with Crippen LogP contribution >= 0.6 is 0 Å². The highest BCUT2D eigenvalue weighted by atomic mass is 16.7. The number of nitrogens with two attached hydrogens (primary N) is 1. The van der Waals surface area contributed by atoms with Gasteiger partial charge in [-0.1, -0.05) is 0 Å². The largest absolute Gasteiger partial charge is 0.513 e. The molecule has 0 saturated carbocycles. The molecular weight excluding hydrogens is 452 g/mol. The molecule has 1 fully saturated rings. The van der Waals surface area contributed by atoms with Gasteiger partial charge in [-0.15, -0.1) is 0 Å². The van der Waals surface area contributed by atoms with Crippen molar-refractivity contribution in [3.63, 3.8) is 0 Å². The van der Waals surface area contributed by atoms with Crippen molar-refractivity contribution in [2.75, 3.05) is 44.5 Å². The Morgan fingerprint density at radius 2 is 1.83 bits per heavy atom. The van der Waals surface area contributed by atoms with Crippen molar-refractivity contribution in [2.45, 2.75) is 39.3 Å². The third-order valence-electron chi connectivity index (χ3n) is 5.81. The van der Waals surface area contributed by atoms with Crippen molar-refractivity contribution >= 4 is 29.0 Å². The van der Waals surface area contributed by atoms with Crippen molar-refractivity contribution in [1.29, 1.82) is 0 Å². The molecule has 1 saturated heterocycles. The summed E-state index contributed by atoms with van der Waals surface area (Å²) in [5, 5.41) is 3.39. The molecule has 0 unspecified atom stereocenters. The molecule has 4 rings (SSSR count). The first-order chi connectivity index (χ1) is 17.0. The molecule has 2 aromatic carbocycles. The lowest BCUT2D eigenvalue weighted by atomic mass is 10.0. The van der Waals surface area contributed by atoms with Crippen LogP contribution in [0.1, 0.15) is 32.3 Å². The van der Waals surface area contributed by atoms with Gasteiger partial charge in [-0.05, 0) is 56.5 Å². The van der Waals surface area contributed by atoms with Gasteiger partial charge in [-0.3, -0.25) is 4.90 Å². The van der Waals surface area contributed by atoms with Crippen molar-refractivity contribution in [1.82, 2.24) is 9.88 Å². The topological polar surface area (TPSA) is 121 Å². The zero-order valence-electron chi connectivity index (χ0n) is 20.3. The number of anilines is 2. The lowest BCUT2D eigenvalue weighted by molar-refractivity contribution is 0.121. The zero-order valence-corrected chi connectivity index (χ0v) is 20.3. The third-order valence-corrected chi connectivity index (χ3v) is 5.81. The maximum absolute atomic E-state index is 11.3. The molecule has 1 aliphatic rings. The summed E-state index contributed by atoms with van der Waals surface area (Å²) in [7, 11) is 1.26. The van der Waals surface area contributed by atoms with Gasteiger partial charge in [0, 0.05) is 31.7 Å². The van der Waals surface area contributed by atoms with Gasteiger partial charge in [-0.25, -0.2) is 4.79 Å². The van der Waals surface area contributed by atoms with Crippen LogP contribution in [0.3, 0.4) is 0 Å². The number of rotatable bonds is 9. The normalized spacial score (nSPS) is 14.6. The number of methoxy groups -OCH3 is 1. The second-order valence-corrected chi connectivity index (χ2v) is 8.27. The SMILES string of the molecule is CCOc1cc(CN2CCC(Nc3nc4ccc(OC(=O)OC)cc4o3)CC2)cc(OCC)c1N. The number of ether oxygens (including phenoxy) is 4. The summed E-state index contributed by atoms with van der Waals surface area (Å²) in [5.74, 6) is 1.67. The fourth-order valence-corrected chi connectivity index (χ4v) is 4.13. The Bertz CT molecular complexity index is 1130. The molecule has 0 amide bonds. The second kappa shape index (κ2) is 11.2. The molecule has 0 spiro atoms. The van der Waals surface area contributed by atoms with E-state index >= 15 is 0 Å². The number of fused-ring (bicyclic) bond motifs is 1. The van der Waals surface area contributed by atoms with Crippen LogP contribution in [0.15, 0.2) is 34.7 Å². The number of carbonyl (C=O) groups excluding carboxylic acids is 1. The summed E-state index contributed by atoms with van der Waals surface area (Å²) in [4.78, 5) is 18.2. The van der Waals surface area contributed by atoms with E-state index in [4.69, 9.17) is 24.4 Å². The number of nitrogens with zero attached hydrogens (tertiary/aromatic N) is 2. The molecule has 10 heteroatoms. The first kappa shape index (κ1) is 24.5. The number of hydrogen-bond donors (Lipinski definition) is 2. The maximum atomic E-state index is 11.3. The number of piperidine rings is 1. The van der Waals surface area contributed by atoms with Crippen LogP contribution < -0.4 is 25.3 Å². The highest BCUT2D eigenvalue weighted by Gasteiger charge is 2.22. The van der Waals surface area contributed by atoms with E-state index in [2.05, 4.69) is 19.9 Å². The standard InChI is InChI=1S/C25H32N4O6/c1-4-32-21-12-16(13-22(23(21)26)33-5-2)15-29-10-8-17(9-11-29)27-24-28-19-7-6-18(14-20(19)35-24)34-25(30)31-3/h6-7,12-14,17H,4-5,8-11,15,26H2,1-3H3,(H,27,28). The van der Waals surface area contributed by atoms with Crippen LogP contribution in [0.5, 0.6) is 17.2 Å². The second-order valence-electron chi connectivity index (χ2n) is 8.27. The van der Waals surface area contributed by atoms with E-state index < -0.39 is 6.16 Å². The van der Waals surface area contributed by atoms with Crippen LogP contribution in [0.2, 0.25) is 0 Å². The Kier molecular flexibility index (Phi) is 7.81. The molecule has 0 atom stereocenters. The Balaban J connectivity index is 1.34. The van der Waals surface area contributed by atoms with E-state index in [1.807, 2.05) is 26.0 Å². The lowest BCUT2D eigenvalue weighted by Crippen LogP contribution is -2.38. The Hall–Kier alpha value is -3.66. The summed E-state index contributed by atoms with van der Waals surface area (Å²) in [6.07, 6.45) is 1.11. The number of nitrogen functional groups attached to an aromatic ring is 1. The predicted molar refractivity (Wildman–Crippen MR) is 132 cm³/mol. The van der Waals surface area contributed by atoms with E-state index in [-0.39, 0.29) is 6.04 Å². The van der Waals surface area contributed by atoms with Crippen molar-refractivity contribution in [3.8, 4) is 17.2 Å². The highest BCUT2D eigenvalue weighted by molar-refractivity contribution is 5.77. The van der Waals surface area contributed by atoms with E-state index in [1.54, 1.807) is 18.2 Å². The molecule has 1 aromatic heterocycles. The zero-order chi connectivity index (χ0) is 24.8. The maximum Gasteiger partial charge on any atom is 0.513 e. The molecule has 3 aromatic rings. The smallest absolute Gasteiger partial charge is 0.492 e. The molecule has 0 bridgehead atoms. The number of aromatic nitrogens is 1. The molecule has 3 N–H and O–H groups in total. The average Bonchev–Trinajstić information content (AvgIpc) is 3.25. The van der Waals surface area contributed by atoms with Crippen molar-refractivity contribution in [3.05, 3.63) is 35.9 Å². The molecule has 1 aliphatic heterocycles. The minimum Gasteiger partial charge on any atom is -0.492 e. The van der Waals surface area contributed by atoms with Crippen LogP contribution in [0.4, 0.5) is 16.5 Å². The van der Waals surface area contributed by atoms with Gasteiger partial charge >= 0.3 is 6.16 Å². The molecular formula is C25H32N4O6. The molecule has 10 nitrogen and oxygen atoms in total. The van der Waals surface area contributed by atoms with E-state index in [0.717, 1.165) is 38.0 Å². The Morgan fingerprint density at radius 1 is 1.14 bits per heavy atom. The monoisotopic (exact) mass is 484 g/mol. The summed E-state index contributed by atoms with van der Waals surface area (Å²) in [6, 6.07) is 9.71. The summed E-state index contributed by atoms with van der Waals surface area (Å²) >= 11 is 0. The van der Waals surface area contributed by atoms with Crippen LogP contribution in [-0.4, -0.2) is 55.5 Å². The predicted octanol–water partition coefficient (Wildman–Crippen LogP) is 4.43. The van der Waals surface area contributed by atoms with Crippen LogP contribution in [-0.2, 0) is 11.3 Å². The number of nitrogens with one attached hydrogen (secondary N) is 1. The molecule has 0 aliphatic carbocycles. The van der Waals surface area contributed by atoms with E-state index in [9.17, 15) is 4.79 Å². The lowest BCUT2D eigenvalue weighted by Gasteiger charge is -2.32. The van der Waals surface area contributed by atoms with E-state index in [1.165, 1.54) is 7.11 Å². The third kappa shape index (κ3) is 6.07.